The zero-order valence-electron chi connectivity index (χ0n) is 12.8. The van der Waals surface area contributed by atoms with Crippen LogP contribution in [0.4, 0.5) is 5.95 Å². The predicted molar refractivity (Wildman–Crippen MR) is 78.7 cm³/mol. The summed E-state index contributed by atoms with van der Waals surface area (Å²) in [5.74, 6) is 0.157. The Balaban J connectivity index is 1.89. The number of aromatic nitrogens is 3. The van der Waals surface area contributed by atoms with Gasteiger partial charge in [0.25, 0.3) is 0 Å². The fourth-order valence-electron chi connectivity index (χ4n) is 2.24. The number of nitrogens with one attached hydrogen (secondary N) is 2. The van der Waals surface area contributed by atoms with E-state index in [-0.39, 0.29) is 29.8 Å². The summed E-state index contributed by atoms with van der Waals surface area (Å²) in [6.45, 7) is 6.02. The van der Waals surface area contributed by atoms with Gasteiger partial charge in [-0.2, -0.15) is 0 Å². The zero-order chi connectivity index (χ0) is 15.5. The highest BCUT2D eigenvalue weighted by Gasteiger charge is 2.20. The summed E-state index contributed by atoms with van der Waals surface area (Å²) in [4.78, 5) is 27.6. The van der Waals surface area contributed by atoms with Crippen LogP contribution in [0.1, 0.15) is 52.9 Å². The number of hydrogen-bond donors (Lipinski definition) is 2. The zero-order valence-corrected chi connectivity index (χ0v) is 12.8. The molecule has 1 aliphatic heterocycles. The number of anilines is 1. The van der Waals surface area contributed by atoms with E-state index >= 15 is 0 Å². The maximum atomic E-state index is 12.0. The average molecular weight is 293 g/mol. The van der Waals surface area contributed by atoms with Crippen LogP contribution in [-0.4, -0.2) is 32.6 Å². The summed E-state index contributed by atoms with van der Waals surface area (Å²) in [6, 6.07) is -0.0929. The first-order valence-corrected chi connectivity index (χ1v) is 7.36. The second-order valence-corrected chi connectivity index (χ2v) is 6.45. The van der Waals surface area contributed by atoms with Crippen molar-refractivity contribution in [3.05, 3.63) is 6.33 Å². The molecule has 1 aliphatic rings. The van der Waals surface area contributed by atoms with Gasteiger partial charge in [0.05, 0.1) is 5.54 Å². The highest BCUT2D eigenvalue weighted by molar-refractivity contribution is 5.89. The van der Waals surface area contributed by atoms with Crippen molar-refractivity contribution < 1.29 is 9.59 Å². The second-order valence-electron chi connectivity index (χ2n) is 6.45. The fourth-order valence-corrected chi connectivity index (χ4v) is 2.24. The second kappa shape index (κ2) is 6.24. The van der Waals surface area contributed by atoms with Gasteiger partial charge in [-0.05, 0) is 33.6 Å². The van der Waals surface area contributed by atoms with E-state index in [1.54, 1.807) is 11.0 Å². The Morgan fingerprint density at radius 2 is 2.24 bits per heavy atom. The van der Waals surface area contributed by atoms with E-state index in [0.717, 1.165) is 19.3 Å². The molecular formula is C14H23N5O2. The molecule has 0 bridgehead atoms. The van der Waals surface area contributed by atoms with Crippen molar-refractivity contribution in [1.29, 1.82) is 0 Å². The van der Waals surface area contributed by atoms with Crippen molar-refractivity contribution in [2.75, 3.05) is 5.32 Å². The van der Waals surface area contributed by atoms with E-state index in [1.165, 1.54) is 0 Å². The maximum absolute atomic E-state index is 12.0. The van der Waals surface area contributed by atoms with Gasteiger partial charge in [0.15, 0.2) is 0 Å². The molecule has 0 spiro atoms. The quantitative estimate of drug-likeness (QED) is 0.882. The topological polar surface area (TPSA) is 88.9 Å². The molecule has 2 rings (SSSR count). The Morgan fingerprint density at radius 1 is 1.48 bits per heavy atom. The van der Waals surface area contributed by atoms with Gasteiger partial charge < -0.3 is 5.32 Å². The molecule has 1 unspecified atom stereocenters. The van der Waals surface area contributed by atoms with Crippen LogP contribution in [0.3, 0.4) is 0 Å². The number of carbonyl (C=O) groups excluding carboxylic acids is 2. The van der Waals surface area contributed by atoms with Crippen molar-refractivity contribution in [2.24, 2.45) is 0 Å². The van der Waals surface area contributed by atoms with Crippen LogP contribution in [0.5, 0.6) is 0 Å². The van der Waals surface area contributed by atoms with Gasteiger partial charge in [-0.1, -0.05) is 6.42 Å². The van der Waals surface area contributed by atoms with Gasteiger partial charge in [-0.15, -0.1) is 5.10 Å². The first kappa shape index (κ1) is 15.5. The van der Waals surface area contributed by atoms with Crippen LogP contribution in [-0.2, 0) is 15.1 Å². The minimum absolute atomic E-state index is 0.0282. The van der Waals surface area contributed by atoms with Crippen LogP contribution in [0.15, 0.2) is 6.33 Å². The summed E-state index contributed by atoms with van der Waals surface area (Å²) in [5, 5.41) is 9.80. The molecule has 1 aromatic heterocycles. The third-order valence-corrected chi connectivity index (χ3v) is 3.43. The molecular weight excluding hydrogens is 270 g/mol. The Hall–Kier alpha value is -1.92. The number of nitrogens with zero attached hydrogens (tertiary/aromatic N) is 3. The van der Waals surface area contributed by atoms with E-state index in [2.05, 4.69) is 20.7 Å². The predicted octanol–water partition coefficient (Wildman–Crippen LogP) is 1.42. The highest BCUT2D eigenvalue weighted by Crippen LogP contribution is 2.14. The third kappa shape index (κ3) is 4.54. The molecule has 7 heteroatoms. The summed E-state index contributed by atoms with van der Waals surface area (Å²) < 4.78 is 1.70. The minimum atomic E-state index is -0.175. The van der Waals surface area contributed by atoms with Crippen LogP contribution < -0.4 is 10.6 Å². The Morgan fingerprint density at radius 3 is 2.90 bits per heavy atom. The Labute approximate surface area is 124 Å². The van der Waals surface area contributed by atoms with Gasteiger partial charge in [-0.25, -0.2) is 9.67 Å². The molecule has 0 radical (unpaired) electrons. The van der Waals surface area contributed by atoms with Crippen LogP contribution in [0, 0.1) is 0 Å². The normalized spacial score (nSPS) is 19.8. The van der Waals surface area contributed by atoms with Gasteiger partial charge in [0, 0.05) is 18.9 Å². The van der Waals surface area contributed by atoms with Gasteiger partial charge in [0.2, 0.25) is 17.8 Å². The van der Waals surface area contributed by atoms with Crippen LogP contribution >= 0.6 is 0 Å². The smallest absolute Gasteiger partial charge is 0.248 e. The van der Waals surface area contributed by atoms with E-state index in [1.807, 2.05) is 20.8 Å². The SMILES string of the molecule is CC(C)(C)n1cnc(NC(=O)CC2CCCCC(=O)N2)n1. The lowest BCUT2D eigenvalue weighted by Crippen LogP contribution is -2.36. The van der Waals surface area contributed by atoms with E-state index in [0.29, 0.717) is 12.4 Å². The first-order chi connectivity index (χ1) is 9.84. The summed E-state index contributed by atoms with van der Waals surface area (Å²) in [6.07, 6.45) is 5.10. The van der Waals surface area contributed by atoms with E-state index < -0.39 is 0 Å². The summed E-state index contributed by atoms with van der Waals surface area (Å²) in [7, 11) is 0. The molecule has 0 aromatic carbocycles. The molecule has 2 amide bonds. The number of hydrogen-bond acceptors (Lipinski definition) is 4. The van der Waals surface area contributed by atoms with Crippen LogP contribution in [0.2, 0.25) is 0 Å². The number of carbonyl (C=O) groups is 2. The van der Waals surface area contributed by atoms with Crippen molar-refractivity contribution in [1.82, 2.24) is 20.1 Å². The molecule has 0 aliphatic carbocycles. The lowest BCUT2D eigenvalue weighted by molar-refractivity contribution is -0.121. The summed E-state index contributed by atoms with van der Waals surface area (Å²) >= 11 is 0. The molecule has 0 saturated carbocycles. The average Bonchev–Trinajstić information content (AvgIpc) is 2.73. The van der Waals surface area contributed by atoms with Crippen molar-refractivity contribution in [3.8, 4) is 0 Å². The van der Waals surface area contributed by atoms with Crippen molar-refractivity contribution in [3.63, 3.8) is 0 Å². The lowest BCUT2D eigenvalue weighted by atomic mass is 10.1. The van der Waals surface area contributed by atoms with Gasteiger partial charge in [0.1, 0.15) is 6.33 Å². The third-order valence-electron chi connectivity index (χ3n) is 3.43. The van der Waals surface area contributed by atoms with Crippen molar-refractivity contribution in [2.45, 2.75) is 64.5 Å². The molecule has 21 heavy (non-hydrogen) atoms. The Kier molecular flexibility index (Phi) is 4.59. The molecule has 1 aromatic rings. The molecule has 1 atom stereocenters. The molecule has 1 saturated heterocycles. The monoisotopic (exact) mass is 293 g/mol. The van der Waals surface area contributed by atoms with E-state index in [4.69, 9.17) is 0 Å². The lowest BCUT2D eigenvalue weighted by Gasteiger charge is -2.17. The first-order valence-electron chi connectivity index (χ1n) is 7.36. The Bertz CT molecular complexity index is 518. The van der Waals surface area contributed by atoms with E-state index in [9.17, 15) is 9.59 Å². The molecule has 2 N–H and O–H groups in total. The fraction of sp³-hybridized carbons (Fsp3) is 0.714. The highest BCUT2D eigenvalue weighted by atomic mass is 16.2. The standard InChI is InChI=1S/C14H23N5O2/c1-14(2,3)19-9-15-13(18-19)17-12(21)8-10-6-4-5-7-11(20)16-10/h9-10H,4-8H2,1-3H3,(H,16,20)(H,17,18,21). The maximum Gasteiger partial charge on any atom is 0.248 e. The van der Waals surface area contributed by atoms with Gasteiger partial charge >= 0.3 is 0 Å². The molecule has 2 heterocycles. The molecule has 116 valence electrons. The minimum Gasteiger partial charge on any atom is -0.353 e. The number of rotatable bonds is 3. The van der Waals surface area contributed by atoms with Crippen LogP contribution in [0.25, 0.3) is 0 Å². The van der Waals surface area contributed by atoms with Gasteiger partial charge in [-0.3, -0.25) is 14.9 Å². The molecule has 7 nitrogen and oxygen atoms in total. The largest absolute Gasteiger partial charge is 0.353 e. The summed E-state index contributed by atoms with van der Waals surface area (Å²) in [5.41, 5.74) is -0.175. The molecule has 1 fully saturated rings. The van der Waals surface area contributed by atoms with Crippen molar-refractivity contribution >= 4 is 17.8 Å². The number of amides is 2.